The Morgan fingerprint density at radius 2 is 2.26 bits per heavy atom. The van der Waals surface area contributed by atoms with Crippen molar-refractivity contribution in [3.63, 3.8) is 0 Å². The molecule has 2 rings (SSSR count). The van der Waals surface area contributed by atoms with Gasteiger partial charge in [-0.15, -0.1) is 0 Å². The molecule has 12 nitrogen and oxygen atoms in total. The van der Waals surface area contributed by atoms with E-state index in [2.05, 4.69) is 14.5 Å². The van der Waals surface area contributed by atoms with Crippen molar-refractivity contribution < 1.29 is 28.7 Å². The minimum absolute atomic E-state index is 0.0196. The number of nitrogens with zero attached hydrogens (tertiary/aromatic N) is 3. The second kappa shape index (κ2) is 6.74. The molecule has 0 bridgehead atoms. The van der Waals surface area contributed by atoms with Crippen molar-refractivity contribution in [2.75, 3.05) is 6.61 Å². The standard InChI is InChI=1S/C10H16N5O7P/c11-9(12)13-7-1-2-15(10(17)14-7)8-3-5(16)6(22-8)4-21-23(18,19)20/h1-2,5-6,8,16H,3-4H2,(H2,18,19,20)(H4,11,12,13,14,17)/t5-,6?,8-/m1/s1. The van der Waals surface area contributed by atoms with Gasteiger partial charge in [0.05, 0.1) is 12.7 Å². The minimum atomic E-state index is -4.68. The molecule has 2 heterocycles. The van der Waals surface area contributed by atoms with E-state index in [-0.39, 0.29) is 18.2 Å². The van der Waals surface area contributed by atoms with Crippen LogP contribution in [0, 0.1) is 0 Å². The van der Waals surface area contributed by atoms with E-state index in [1.807, 2.05) is 0 Å². The molecular formula is C10H16N5O7P. The Hall–Kier alpha value is -1.82. The molecule has 0 amide bonds. The fraction of sp³-hybridized carbons (Fsp3) is 0.500. The molecule has 0 aromatic carbocycles. The second-order valence-electron chi connectivity index (χ2n) is 4.73. The summed E-state index contributed by atoms with van der Waals surface area (Å²) in [4.78, 5) is 36.5. The van der Waals surface area contributed by atoms with E-state index in [4.69, 9.17) is 26.0 Å². The predicted octanol–water partition coefficient (Wildman–Crippen LogP) is -2.09. The molecule has 0 spiro atoms. The van der Waals surface area contributed by atoms with E-state index in [1.165, 1.54) is 12.3 Å². The number of guanidine groups is 1. The van der Waals surface area contributed by atoms with Crippen molar-refractivity contribution in [3.05, 3.63) is 22.7 Å². The average molecular weight is 349 g/mol. The smallest absolute Gasteiger partial charge is 0.390 e. The summed E-state index contributed by atoms with van der Waals surface area (Å²) < 4.78 is 21.4. The van der Waals surface area contributed by atoms with E-state index in [9.17, 15) is 14.5 Å². The zero-order valence-corrected chi connectivity index (χ0v) is 12.6. The molecule has 1 aliphatic rings. The highest BCUT2D eigenvalue weighted by molar-refractivity contribution is 7.46. The summed E-state index contributed by atoms with van der Waals surface area (Å²) in [7, 11) is -4.68. The maximum Gasteiger partial charge on any atom is 0.469 e. The number of aliphatic imine (C=N–C) groups is 1. The Bertz CT molecular complexity index is 697. The summed E-state index contributed by atoms with van der Waals surface area (Å²) in [6, 6.07) is 1.37. The van der Waals surface area contributed by atoms with Gasteiger partial charge in [-0.2, -0.15) is 9.98 Å². The number of ether oxygens (including phenoxy) is 1. The molecule has 13 heteroatoms. The quantitative estimate of drug-likeness (QED) is 0.223. The molecule has 0 aliphatic carbocycles. The van der Waals surface area contributed by atoms with Gasteiger partial charge in [0.2, 0.25) is 0 Å². The summed E-state index contributed by atoms with van der Waals surface area (Å²) in [5.74, 6) is -0.233. The molecule has 7 N–H and O–H groups in total. The number of aliphatic hydroxyl groups excluding tert-OH is 1. The fourth-order valence-corrected chi connectivity index (χ4v) is 2.36. The Kier molecular flexibility index (Phi) is 5.14. The van der Waals surface area contributed by atoms with Gasteiger partial charge in [0.15, 0.2) is 11.8 Å². The lowest BCUT2D eigenvalue weighted by molar-refractivity contribution is -0.0450. The first-order chi connectivity index (χ1) is 10.7. The van der Waals surface area contributed by atoms with Gasteiger partial charge >= 0.3 is 13.5 Å². The van der Waals surface area contributed by atoms with Crippen molar-refractivity contribution >= 4 is 19.6 Å². The van der Waals surface area contributed by atoms with Crippen LogP contribution in [0.15, 0.2) is 22.1 Å². The third-order valence-electron chi connectivity index (χ3n) is 2.98. The first-order valence-corrected chi connectivity index (χ1v) is 7.91. The van der Waals surface area contributed by atoms with Crippen LogP contribution >= 0.6 is 7.82 Å². The third kappa shape index (κ3) is 4.82. The number of rotatable bonds is 5. The van der Waals surface area contributed by atoms with Crippen molar-refractivity contribution in [1.29, 1.82) is 0 Å². The van der Waals surface area contributed by atoms with E-state index in [0.29, 0.717) is 0 Å². The topological polar surface area (TPSA) is 196 Å². The normalized spacial score (nSPS) is 24.6. The minimum Gasteiger partial charge on any atom is -0.390 e. The van der Waals surface area contributed by atoms with Gasteiger partial charge < -0.3 is 31.1 Å². The van der Waals surface area contributed by atoms with Crippen LogP contribution < -0.4 is 17.2 Å². The van der Waals surface area contributed by atoms with Crippen LogP contribution in [0.25, 0.3) is 0 Å². The van der Waals surface area contributed by atoms with Crippen LogP contribution in [0.5, 0.6) is 0 Å². The highest BCUT2D eigenvalue weighted by atomic mass is 31.2. The summed E-state index contributed by atoms with van der Waals surface area (Å²) in [6.07, 6.45) is -1.55. The Morgan fingerprint density at radius 3 is 2.83 bits per heavy atom. The predicted molar refractivity (Wildman–Crippen MR) is 76.5 cm³/mol. The van der Waals surface area contributed by atoms with Gasteiger partial charge in [0, 0.05) is 12.6 Å². The van der Waals surface area contributed by atoms with E-state index < -0.39 is 38.6 Å². The number of hydrogen-bond acceptors (Lipinski definition) is 7. The Labute approximate surface area is 129 Å². The first-order valence-electron chi connectivity index (χ1n) is 6.38. The maximum atomic E-state index is 11.9. The summed E-state index contributed by atoms with van der Waals surface area (Å²) in [6.45, 7) is -0.518. The van der Waals surface area contributed by atoms with Crippen LogP contribution in [0.2, 0.25) is 0 Å². The van der Waals surface area contributed by atoms with Crippen LogP contribution in [0.3, 0.4) is 0 Å². The van der Waals surface area contributed by atoms with E-state index in [0.717, 1.165) is 4.57 Å². The van der Waals surface area contributed by atoms with Crippen molar-refractivity contribution in [2.24, 2.45) is 16.5 Å². The van der Waals surface area contributed by atoms with Crippen LogP contribution in [0.1, 0.15) is 12.6 Å². The highest BCUT2D eigenvalue weighted by Gasteiger charge is 2.37. The van der Waals surface area contributed by atoms with Gasteiger partial charge in [-0.1, -0.05) is 0 Å². The molecule has 128 valence electrons. The number of hydrogen-bond donors (Lipinski definition) is 5. The molecule has 1 saturated heterocycles. The second-order valence-corrected chi connectivity index (χ2v) is 5.97. The molecule has 1 unspecified atom stereocenters. The van der Waals surface area contributed by atoms with Gasteiger partial charge in [-0.3, -0.25) is 9.09 Å². The van der Waals surface area contributed by atoms with Crippen molar-refractivity contribution in [2.45, 2.75) is 24.9 Å². The Morgan fingerprint density at radius 1 is 1.57 bits per heavy atom. The monoisotopic (exact) mass is 349 g/mol. The fourth-order valence-electron chi connectivity index (χ4n) is 2.02. The van der Waals surface area contributed by atoms with Gasteiger partial charge in [0.25, 0.3) is 0 Å². The lowest BCUT2D eigenvalue weighted by Gasteiger charge is -2.16. The molecule has 1 aromatic rings. The molecule has 0 radical (unpaired) electrons. The average Bonchev–Trinajstić information content (AvgIpc) is 2.76. The van der Waals surface area contributed by atoms with Crippen LogP contribution in [-0.2, 0) is 13.8 Å². The zero-order valence-electron chi connectivity index (χ0n) is 11.7. The number of phosphoric acid groups is 1. The highest BCUT2D eigenvalue weighted by Crippen LogP contribution is 2.38. The SMILES string of the molecule is NC(N)=Nc1ccn([C@H]2C[C@@H](O)C(COP(=O)(O)O)O2)c(=O)n1. The molecule has 1 aromatic heterocycles. The first kappa shape index (κ1) is 17.5. The lowest BCUT2D eigenvalue weighted by atomic mass is 10.2. The molecule has 3 atom stereocenters. The number of phosphoric ester groups is 1. The zero-order chi connectivity index (χ0) is 17.2. The van der Waals surface area contributed by atoms with Gasteiger partial charge in [0.1, 0.15) is 12.3 Å². The lowest BCUT2D eigenvalue weighted by Crippen LogP contribution is -2.28. The summed E-state index contributed by atoms with van der Waals surface area (Å²) in [5.41, 5.74) is 9.66. The van der Waals surface area contributed by atoms with Crippen molar-refractivity contribution in [3.8, 4) is 0 Å². The Balaban J connectivity index is 2.10. The number of nitrogens with two attached hydrogens (primary N) is 2. The van der Waals surface area contributed by atoms with E-state index in [1.54, 1.807) is 0 Å². The van der Waals surface area contributed by atoms with Gasteiger partial charge in [-0.25, -0.2) is 9.36 Å². The molecule has 1 fully saturated rings. The molecule has 0 saturated carbocycles. The number of aliphatic hydroxyl groups is 1. The summed E-state index contributed by atoms with van der Waals surface area (Å²) >= 11 is 0. The van der Waals surface area contributed by atoms with Gasteiger partial charge in [-0.05, 0) is 6.07 Å². The maximum absolute atomic E-state index is 11.9. The number of aromatic nitrogens is 2. The van der Waals surface area contributed by atoms with Crippen LogP contribution in [-0.4, -0.2) is 49.2 Å². The molecule has 23 heavy (non-hydrogen) atoms. The largest absolute Gasteiger partial charge is 0.469 e. The van der Waals surface area contributed by atoms with Crippen LogP contribution in [0.4, 0.5) is 5.82 Å². The van der Waals surface area contributed by atoms with E-state index >= 15 is 0 Å². The third-order valence-corrected chi connectivity index (χ3v) is 3.47. The van der Waals surface area contributed by atoms with Crippen molar-refractivity contribution in [1.82, 2.24) is 9.55 Å². The summed E-state index contributed by atoms with van der Waals surface area (Å²) in [5, 5.41) is 9.83. The molecule has 1 aliphatic heterocycles. The molecular weight excluding hydrogens is 333 g/mol.